The van der Waals surface area contributed by atoms with Gasteiger partial charge < -0.3 is 20.8 Å². The first-order valence-electron chi connectivity index (χ1n) is 10.8. The molecule has 0 heterocycles. The molecule has 0 aliphatic heterocycles. The first-order chi connectivity index (χ1) is 15.8. The molecule has 0 aliphatic carbocycles. The number of para-hydroxylation sites is 2. The smallest absolute Gasteiger partial charge is 0.0962 e. The number of anilines is 2. The van der Waals surface area contributed by atoms with Gasteiger partial charge in [-0.2, -0.15) is 0 Å². The largest absolute Gasteiger partial charge is 0.394 e. The van der Waals surface area contributed by atoms with Gasteiger partial charge in [-0.25, -0.2) is 0 Å². The zero-order valence-corrected chi connectivity index (χ0v) is 18.0. The van der Waals surface area contributed by atoms with E-state index < -0.39 is 6.10 Å². The number of hydrogen-bond donors (Lipinski definition) is 4. The highest BCUT2D eigenvalue weighted by molar-refractivity contribution is 5.45. The molecule has 0 aliphatic rings. The van der Waals surface area contributed by atoms with Crippen molar-refractivity contribution >= 4 is 11.4 Å². The average molecular weight is 427 g/mol. The van der Waals surface area contributed by atoms with Crippen LogP contribution in [-0.4, -0.2) is 23.4 Å². The normalized spacial score (nSPS) is 12.1. The fourth-order valence-corrected chi connectivity index (χ4v) is 3.22. The van der Waals surface area contributed by atoms with Gasteiger partial charge in [-0.3, -0.25) is 0 Å². The summed E-state index contributed by atoms with van der Waals surface area (Å²) < 4.78 is 0. The van der Waals surface area contributed by atoms with Gasteiger partial charge in [-0.1, -0.05) is 97.1 Å². The Morgan fingerprint density at radius 1 is 0.562 bits per heavy atom. The van der Waals surface area contributed by atoms with Gasteiger partial charge in [0.05, 0.1) is 18.8 Å². The molecule has 0 bridgehead atoms. The molecule has 0 saturated heterocycles. The number of nitrogens with one attached hydrogen (secondary N) is 2. The molecule has 0 amide bonds. The lowest BCUT2D eigenvalue weighted by Crippen LogP contribution is -2.14. The van der Waals surface area contributed by atoms with Crippen LogP contribution in [0, 0.1) is 0 Å². The molecule has 4 nitrogen and oxygen atoms in total. The van der Waals surface area contributed by atoms with Crippen molar-refractivity contribution in [2.45, 2.75) is 12.1 Å². The first kappa shape index (κ1) is 23.1. The van der Waals surface area contributed by atoms with E-state index in [1.165, 1.54) is 0 Å². The molecule has 4 aromatic carbocycles. The highest BCUT2D eigenvalue weighted by Gasteiger charge is 2.08. The third-order valence-electron chi connectivity index (χ3n) is 4.96. The van der Waals surface area contributed by atoms with E-state index in [-0.39, 0.29) is 12.6 Å². The lowest BCUT2D eigenvalue weighted by Gasteiger charge is -2.17. The van der Waals surface area contributed by atoms with Crippen LogP contribution in [0.4, 0.5) is 11.4 Å². The molecule has 4 rings (SSSR count). The minimum atomic E-state index is -0.471. The molecular formula is C28H30N2O2. The summed E-state index contributed by atoms with van der Waals surface area (Å²) in [5.74, 6) is 0. The van der Waals surface area contributed by atoms with Crippen molar-refractivity contribution in [3.05, 3.63) is 132 Å². The summed E-state index contributed by atoms with van der Waals surface area (Å²) in [5, 5.41) is 25.8. The summed E-state index contributed by atoms with van der Waals surface area (Å²) in [6.07, 6.45) is -0.471. The quantitative estimate of drug-likeness (QED) is 0.293. The summed E-state index contributed by atoms with van der Waals surface area (Å²) in [4.78, 5) is 0. The van der Waals surface area contributed by atoms with Gasteiger partial charge in [-0.15, -0.1) is 0 Å². The van der Waals surface area contributed by atoms with Crippen LogP contribution in [-0.2, 0) is 0 Å². The fraction of sp³-hybridized carbons (Fsp3) is 0.143. The second kappa shape index (κ2) is 13.0. The van der Waals surface area contributed by atoms with E-state index in [2.05, 4.69) is 10.6 Å². The lowest BCUT2D eigenvalue weighted by atomic mass is 10.1. The molecule has 164 valence electrons. The summed E-state index contributed by atoms with van der Waals surface area (Å²) in [5.41, 5.74) is 4.07. The van der Waals surface area contributed by atoms with Gasteiger partial charge >= 0.3 is 0 Å². The number of benzene rings is 4. The second-order valence-corrected chi connectivity index (χ2v) is 7.33. The van der Waals surface area contributed by atoms with Crippen molar-refractivity contribution in [3.63, 3.8) is 0 Å². The maximum atomic E-state index is 9.92. The van der Waals surface area contributed by atoms with Crippen molar-refractivity contribution in [2.24, 2.45) is 0 Å². The third kappa shape index (κ3) is 7.58. The molecule has 4 heteroatoms. The average Bonchev–Trinajstić information content (AvgIpc) is 2.88. The maximum Gasteiger partial charge on any atom is 0.0962 e. The van der Waals surface area contributed by atoms with Gasteiger partial charge in [0.15, 0.2) is 0 Å². The van der Waals surface area contributed by atoms with Crippen LogP contribution in [0.2, 0.25) is 0 Å². The summed E-state index contributed by atoms with van der Waals surface area (Å²) in [6.45, 7) is 0.604. The number of rotatable bonds is 8. The monoisotopic (exact) mass is 426 g/mol. The van der Waals surface area contributed by atoms with Crippen LogP contribution < -0.4 is 10.6 Å². The van der Waals surface area contributed by atoms with E-state index in [1.54, 1.807) is 0 Å². The van der Waals surface area contributed by atoms with Gasteiger partial charge in [0.2, 0.25) is 0 Å². The minimum absolute atomic E-state index is 0.0522. The number of aliphatic hydroxyl groups excluding tert-OH is 2. The molecule has 0 fully saturated rings. The van der Waals surface area contributed by atoms with E-state index in [9.17, 15) is 10.2 Å². The highest BCUT2D eigenvalue weighted by atomic mass is 16.3. The topological polar surface area (TPSA) is 64.5 Å². The molecule has 0 radical (unpaired) electrons. The third-order valence-corrected chi connectivity index (χ3v) is 4.96. The Bertz CT molecular complexity index is 997. The van der Waals surface area contributed by atoms with E-state index in [4.69, 9.17) is 0 Å². The maximum absolute atomic E-state index is 9.92. The predicted octanol–water partition coefficient (Wildman–Crippen LogP) is 5.66. The molecule has 4 aromatic rings. The Morgan fingerprint density at radius 2 is 1.00 bits per heavy atom. The van der Waals surface area contributed by atoms with Crippen molar-refractivity contribution in [2.75, 3.05) is 23.8 Å². The van der Waals surface area contributed by atoms with Gasteiger partial charge in [-0.05, 0) is 35.4 Å². The molecule has 32 heavy (non-hydrogen) atoms. The molecular weight excluding hydrogens is 396 g/mol. The Balaban J connectivity index is 0.000000181. The van der Waals surface area contributed by atoms with Crippen molar-refractivity contribution < 1.29 is 10.2 Å². The van der Waals surface area contributed by atoms with Crippen LogP contribution in [0.5, 0.6) is 0 Å². The summed E-state index contributed by atoms with van der Waals surface area (Å²) in [7, 11) is 0. The van der Waals surface area contributed by atoms with Crippen LogP contribution in [0.25, 0.3) is 0 Å². The van der Waals surface area contributed by atoms with Crippen LogP contribution in [0.1, 0.15) is 23.3 Å². The molecule has 4 N–H and O–H groups in total. The van der Waals surface area contributed by atoms with Crippen molar-refractivity contribution in [3.8, 4) is 0 Å². The first-order valence-corrected chi connectivity index (χ1v) is 10.8. The molecule has 0 spiro atoms. The zero-order chi connectivity index (χ0) is 22.4. The molecule has 2 atom stereocenters. The fourth-order valence-electron chi connectivity index (χ4n) is 3.22. The SMILES string of the molecule is OC(CNc1ccccc1)c1ccccc1.OCC(Nc1ccccc1)c1ccccc1. The standard InChI is InChI=1S/2C14H15NO/c16-11-14(12-7-3-1-4-8-12)15-13-9-5-2-6-10-13;16-14(12-7-3-1-4-8-12)11-15-13-9-5-2-6-10-13/h2*1-10,14-16H,11H2. The second-order valence-electron chi connectivity index (χ2n) is 7.33. The predicted molar refractivity (Wildman–Crippen MR) is 133 cm³/mol. The Kier molecular flexibility index (Phi) is 9.34. The Labute approximate surface area is 190 Å². The molecule has 0 saturated carbocycles. The van der Waals surface area contributed by atoms with Gasteiger partial charge in [0, 0.05) is 17.9 Å². The van der Waals surface area contributed by atoms with E-state index in [0.717, 1.165) is 22.5 Å². The van der Waals surface area contributed by atoms with E-state index in [0.29, 0.717) is 6.54 Å². The lowest BCUT2D eigenvalue weighted by molar-refractivity contribution is 0.191. The highest BCUT2D eigenvalue weighted by Crippen LogP contribution is 2.18. The minimum Gasteiger partial charge on any atom is -0.394 e. The summed E-state index contributed by atoms with van der Waals surface area (Å²) >= 11 is 0. The Morgan fingerprint density at radius 3 is 1.50 bits per heavy atom. The zero-order valence-electron chi connectivity index (χ0n) is 18.0. The van der Waals surface area contributed by atoms with Gasteiger partial charge in [0.25, 0.3) is 0 Å². The van der Waals surface area contributed by atoms with Crippen LogP contribution in [0.3, 0.4) is 0 Å². The van der Waals surface area contributed by atoms with Crippen LogP contribution in [0.15, 0.2) is 121 Å². The van der Waals surface area contributed by atoms with Crippen LogP contribution >= 0.6 is 0 Å². The Hall–Kier alpha value is -3.60. The molecule has 0 aromatic heterocycles. The number of hydrogen-bond acceptors (Lipinski definition) is 4. The summed E-state index contributed by atoms with van der Waals surface area (Å²) in [6, 6.07) is 39.3. The van der Waals surface area contributed by atoms with Gasteiger partial charge in [0.1, 0.15) is 0 Å². The van der Waals surface area contributed by atoms with Crippen molar-refractivity contribution in [1.82, 2.24) is 0 Å². The van der Waals surface area contributed by atoms with E-state index in [1.807, 2.05) is 121 Å². The number of aliphatic hydroxyl groups is 2. The van der Waals surface area contributed by atoms with Crippen molar-refractivity contribution in [1.29, 1.82) is 0 Å². The molecule has 2 unspecified atom stereocenters. The van der Waals surface area contributed by atoms with E-state index >= 15 is 0 Å².